The third-order valence-electron chi connectivity index (χ3n) is 1.72. The molecule has 0 spiro atoms. The number of hydrogen-bond acceptors (Lipinski definition) is 3. The predicted molar refractivity (Wildman–Crippen MR) is 43.4 cm³/mol. The zero-order chi connectivity index (χ0) is 13.4. The summed E-state index contributed by atoms with van der Waals surface area (Å²) in [6.07, 6.45) is -10.3. The van der Waals surface area contributed by atoms with Crippen molar-refractivity contribution in [2.75, 3.05) is 5.73 Å². The molecule has 0 bridgehead atoms. The number of nitrogens with zero attached hydrogens (tertiary/aromatic N) is 2. The topological polar surface area (TPSA) is 62.7 Å². The van der Waals surface area contributed by atoms with Crippen molar-refractivity contribution in [1.82, 2.24) is 4.98 Å². The van der Waals surface area contributed by atoms with Gasteiger partial charge in [0.15, 0.2) is 5.69 Å². The van der Waals surface area contributed by atoms with E-state index in [0.717, 1.165) is 6.07 Å². The van der Waals surface area contributed by atoms with Crippen LogP contribution in [-0.2, 0) is 12.4 Å². The third kappa shape index (κ3) is 2.58. The van der Waals surface area contributed by atoms with Crippen LogP contribution in [0.4, 0.5) is 32.2 Å². The van der Waals surface area contributed by atoms with E-state index in [1.165, 1.54) is 0 Å². The van der Waals surface area contributed by atoms with Crippen molar-refractivity contribution in [3.05, 3.63) is 22.9 Å². The predicted octanol–water partition coefficient (Wildman–Crippen LogP) is 2.57. The SMILES string of the molecule is N#Cc1c(C(F)(F)F)cc(N)nc1C(F)(F)F. The lowest BCUT2D eigenvalue weighted by molar-refractivity contribution is -0.145. The molecule has 0 aliphatic heterocycles. The smallest absolute Gasteiger partial charge is 0.384 e. The Hall–Kier alpha value is -1.98. The van der Waals surface area contributed by atoms with E-state index >= 15 is 0 Å². The Balaban J connectivity index is 3.66. The van der Waals surface area contributed by atoms with E-state index in [1.807, 2.05) is 0 Å². The highest BCUT2D eigenvalue weighted by atomic mass is 19.4. The molecule has 0 atom stereocenters. The van der Waals surface area contributed by atoms with Gasteiger partial charge in [0.1, 0.15) is 11.9 Å². The van der Waals surface area contributed by atoms with Gasteiger partial charge in [0.05, 0.1) is 11.1 Å². The van der Waals surface area contributed by atoms with Crippen molar-refractivity contribution < 1.29 is 26.3 Å². The van der Waals surface area contributed by atoms with Crippen LogP contribution in [0.2, 0.25) is 0 Å². The van der Waals surface area contributed by atoms with Crippen LogP contribution in [0.15, 0.2) is 6.07 Å². The quantitative estimate of drug-likeness (QED) is 0.724. The molecular formula is C8H3F6N3. The Kier molecular flexibility index (Phi) is 2.92. The highest BCUT2D eigenvalue weighted by molar-refractivity contribution is 5.49. The minimum Gasteiger partial charge on any atom is -0.384 e. The molecule has 0 aliphatic rings. The summed E-state index contributed by atoms with van der Waals surface area (Å²) in [5, 5.41) is 8.39. The molecule has 0 saturated heterocycles. The molecule has 92 valence electrons. The van der Waals surface area contributed by atoms with Gasteiger partial charge in [-0.05, 0) is 6.07 Å². The lowest BCUT2D eigenvalue weighted by Crippen LogP contribution is -2.18. The van der Waals surface area contributed by atoms with Gasteiger partial charge in [-0.3, -0.25) is 0 Å². The lowest BCUT2D eigenvalue weighted by atomic mass is 10.1. The fourth-order valence-corrected chi connectivity index (χ4v) is 1.11. The Morgan fingerprint density at radius 3 is 2.00 bits per heavy atom. The van der Waals surface area contributed by atoms with Crippen LogP contribution < -0.4 is 5.73 Å². The molecule has 0 radical (unpaired) electrons. The van der Waals surface area contributed by atoms with Gasteiger partial charge in [-0.15, -0.1) is 0 Å². The van der Waals surface area contributed by atoms with Crippen LogP contribution >= 0.6 is 0 Å². The Morgan fingerprint density at radius 2 is 1.65 bits per heavy atom. The van der Waals surface area contributed by atoms with Gasteiger partial charge in [-0.25, -0.2) is 4.98 Å². The van der Waals surface area contributed by atoms with Gasteiger partial charge in [0, 0.05) is 0 Å². The summed E-state index contributed by atoms with van der Waals surface area (Å²) in [5.74, 6) is -0.955. The summed E-state index contributed by atoms with van der Waals surface area (Å²) in [6.45, 7) is 0. The molecule has 17 heavy (non-hydrogen) atoms. The molecule has 0 aromatic carbocycles. The molecule has 1 aromatic rings. The molecule has 2 N–H and O–H groups in total. The second kappa shape index (κ2) is 3.80. The van der Waals surface area contributed by atoms with E-state index in [1.54, 1.807) is 0 Å². The average molecular weight is 255 g/mol. The van der Waals surface area contributed by atoms with Crippen molar-refractivity contribution in [3.8, 4) is 6.07 Å². The van der Waals surface area contributed by atoms with Crippen LogP contribution in [0.25, 0.3) is 0 Å². The van der Waals surface area contributed by atoms with Crippen molar-refractivity contribution in [2.24, 2.45) is 0 Å². The zero-order valence-corrected chi connectivity index (χ0v) is 7.82. The van der Waals surface area contributed by atoms with Crippen LogP contribution in [0.1, 0.15) is 16.8 Å². The molecular weight excluding hydrogens is 252 g/mol. The number of hydrogen-bond donors (Lipinski definition) is 1. The molecule has 3 nitrogen and oxygen atoms in total. The molecule has 1 rings (SSSR count). The van der Waals surface area contributed by atoms with E-state index in [9.17, 15) is 26.3 Å². The average Bonchev–Trinajstić information content (AvgIpc) is 2.13. The Morgan fingerprint density at radius 1 is 1.12 bits per heavy atom. The van der Waals surface area contributed by atoms with Crippen molar-refractivity contribution in [3.63, 3.8) is 0 Å². The van der Waals surface area contributed by atoms with Crippen LogP contribution in [0.5, 0.6) is 0 Å². The normalized spacial score (nSPS) is 12.3. The second-order valence-corrected chi connectivity index (χ2v) is 2.93. The van der Waals surface area contributed by atoms with Gasteiger partial charge in [-0.1, -0.05) is 0 Å². The van der Waals surface area contributed by atoms with Crippen molar-refractivity contribution in [2.45, 2.75) is 12.4 Å². The minimum absolute atomic E-state index is 0.188. The van der Waals surface area contributed by atoms with Gasteiger partial charge >= 0.3 is 12.4 Å². The maximum atomic E-state index is 12.4. The van der Waals surface area contributed by atoms with E-state index in [0.29, 0.717) is 0 Å². The highest BCUT2D eigenvalue weighted by Gasteiger charge is 2.42. The number of anilines is 1. The van der Waals surface area contributed by atoms with Crippen LogP contribution in [-0.4, -0.2) is 4.98 Å². The highest BCUT2D eigenvalue weighted by Crippen LogP contribution is 2.38. The minimum atomic E-state index is -5.18. The Labute approximate surface area is 90.5 Å². The van der Waals surface area contributed by atoms with Crippen LogP contribution in [0, 0.1) is 11.3 Å². The molecule has 0 unspecified atom stereocenters. The Bertz CT molecular complexity index is 446. The maximum Gasteiger partial charge on any atom is 0.434 e. The van der Waals surface area contributed by atoms with E-state index < -0.39 is 35.0 Å². The number of nitrogens with two attached hydrogens (primary N) is 1. The number of halogens is 6. The standard InChI is InChI=1S/C8H3F6N3/c9-7(10,11)4-1-5(16)17-6(3(4)2-15)8(12,13)14/h1H,(H2,16,17). The molecule has 0 saturated carbocycles. The zero-order valence-electron chi connectivity index (χ0n) is 7.82. The number of nitriles is 1. The molecule has 1 aromatic heterocycles. The number of aromatic nitrogens is 1. The fourth-order valence-electron chi connectivity index (χ4n) is 1.11. The largest absolute Gasteiger partial charge is 0.434 e. The first-order chi connectivity index (χ1) is 7.57. The maximum absolute atomic E-state index is 12.4. The summed E-state index contributed by atoms with van der Waals surface area (Å²) >= 11 is 0. The van der Waals surface area contributed by atoms with Gasteiger partial charge in [-0.2, -0.15) is 31.6 Å². The molecule has 0 amide bonds. The lowest BCUT2D eigenvalue weighted by Gasteiger charge is -2.14. The van der Waals surface area contributed by atoms with Crippen molar-refractivity contribution in [1.29, 1.82) is 5.26 Å². The first-order valence-electron chi connectivity index (χ1n) is 3.92. The summed E-state index contributed by atoms with van der Waals surface area (Å²) < 4.78 is 74.2. The molecule has 9 heteroatoms. The number of nitrogen functional groups attached to an aromatic ring is 1. The number of pyridine rings is 1. The third-order valence-corrected chi connectivity index (χ3v) is 1.72. The van der Waals surface area contributed by atoms with E-state index in [4.69, 9.17) is 11.0 Å². The van der Waals surface area contributed by atoms with E-state index in [2.05, 4.69) is 4.98 Å². The second-order valence-electron chi connectivity index (χ2n) is 2.93. The molecule has 0 fully saturated rings. The van der Waals surface area contributed by atoms with Gasteiger partial charge in [0.2, 0.25) is 0 Å². The number of rotatable bonds is 0. The van der Waals surface area contributed by atoms with E-state index in [-0.39, 0.29) is 6.07 Å². The fraction of sp³-hybridized carbons (Fsp3) is 0.250. The van der Waals surface area contributed by atoms with Crippen LogP contribution in [0.3, 0.4) is 0 Å². The number of alkyl halides is 6. The first-order valence-corrected chi connectivity index (χ1v) is 3.92. The summed E-state index contributed by atoms with van der Waals surface area (Å²) in [5.41, 5.74) is -0.416. The van der Waals surface area contributed by atoms with Gasteiger partial charge in [0.25, 0.3) is 0 Å². The summed E-state index contributed by atoms with van der Waals surface area (Å²) in [6, 6.07) is 1.03. The first kappa shape index (κ1) is 13.1. The summed E-state index contributed by atoms with van der Waals surface area (Å²) in [7, 11) is 0. The molecule has 0 aliphatic carbocycles. The molecule has 1 heterocycles. The van der Waals surface area contributed by atoms with Crippen molar-refractivity contribution >= 4 is 5.82 Å². The van der Waals surface area contributed by atoms with Gasteiger partial charge < -0.3 is 5.73 Å². The summed E-state index contributed by atoms with van der Waals surface area (Å²) in [4.78, 5) is 2.72. The monoisotopic (exact) mass is 255 g/mol.